The van der Waals surface area contributed by atoms with Crippen molar-refractivity contribution in [1.82, 2.24) is 4.90 Å². The van der Waals surface area contributed by atoms with Crippen LogP contribution in [0.25, 0.3) is 6.08 Å². The molecule has 1 amide bonds. The Morgan fingerprint density at radius 1 is 1.09 bits per heavy atom. The van der Waals surface area contributed by atoms with Gasteiger partial charge >= 0.3 is 0 Å². The van der Waals surface area contributed by atoms with E-state index in [1.165, 1.54) is 29.3 Å². The number of nitro groups is 1. The van der Waals surface area contributed by atoms with Crippen molar-refractivity contribution < 1.29 is 9.72 Å². The average molecular weight is 308 g/mol. The molecule has 0 aliphatic carbocycles. The normalized spacial score (nSPS) is 13.8. The summed E-state index contributed by atoms with van der Waals surface area (Å²) in [4.78, 5) is 24.3. The van der Waals surface area contributed by atoms with Gasteiger partial charge in [-0.15, -0.1) is 0 Å². The van der Waals surface area contributed by atoms with Crippen molar-refractivity contribution in [3.63, 3.8) is 0 Å². The molecule has 1 heterocycles. The zero-order valence-electron chi connectivity index (χ0n) is 12.5. The molecule has 0 radical (unpaired) electrons. The Labute approximate surface area is 134 Å². The number of carbonyl (C=O) groups excluding carboxylic acids is 1. The summed E-state index contributed by atoms with van der Waals surface area (Å²) < 4.78 is 0. The number of rotatable bonds is 3. The van der Waals surface area contributed by atoms with E-state index in [0.717, 1.165) is 12.0 Å². The van der Waals surface area contributed by atoms with E-state index in [2.05, 4.69) is 12.1 Å². The summed E-state index contributed by atoms with van der Waals surface area (Å²) in [7, 11) is 0. The minimum atomic E-state index is -0.441. The van der Waals surface area contributed by atoms with Crippen molar-refractivity contribution in [1.29, 1.82) is 0 Å². The predicted molar refractivity (Wildman–Crippen MR) is 87.7 cm³/mol. The first-order chi connectivity index (χ1) is 11.1. The summed E-state index contributed by atoms with van der Waals surface area (Å²) in [6.07, 6.45) is 4.08. The number of fused-ring (bicyclic) bond motifs is 1. The van der Waals surface area contributed by atoms with Crippen LogP contribution in [0.3, 0.4) is 0 Å². The minimum Gasteiger partial charge on any atom is -0.334 e. The molecule has 5 heteroatoms. The number of benzene rings is 2. The maximum absolute atomic E-state index is 12.3. The molecule has 0 aromatic heterocycles. The van der Waals surface area contributed by atoms with E-state index in [1.54, 1.807) is 18.2 Å². The fraction of sp³-hybridized carbons (Fsp3) is 0.167. The second-order valence-electron chi connectivity index (χ2n) is 5.46. The zero-order chi connectivity index (χ0) is 16.2. The van der Waals surface area contributed by atoms with Crippen molar-refractivity contribution in [2.24, 2.45) is 0 Å². The number of amides is 1. The molecule has 3 rings (SSSR count). The lowest BCUT2D eigenvalue weighted by molar-refractivity contribution is -0.384. The molecule has 23 heavy (non-hydrogen) atoms. The quantitative estimate of drug-likeness (QED) is 0.497. The van der Waals surface area contributed by atoms with Crippen LogP contribution in [-0.2, 0) is 17.8 Å². The van der Waals surface area contributed by atoms with Gasteiger partial charge in [0.25, 0.3) is 5.69 Å². The molecule has 1 aliphatic rings. The Hall–Kier alpha value is -2.95. The van der Waals surface area contributed by atoms with E-state index in [0.29, 0.717) is 13.1 Å². The average Bonchev–Trinajstić information content (AvgIpc) is 2.59. The topological polar surface area (TPSA) is 63.4 Å². The van der Waals surface area contributed by atoms with Gasteiger partial charge in [-0.1, -0.05) is 24.3 Å². The number of nitrogens with zero attached hydrogens (tertiary/aromatic N) is 2. The SMILES string of the molecule is O=C(C=Cc1ccc([N+](=O)[O-])cc1)N1CCc2ccccc2C1. The van der Waals surface area contributed by atoms with E-state index >= 15 is 0 Å². The van der Waals surface area contributed by atoms with Crippen LogP contribution in [0.1, 0.15) is 16.7 Å². The van der Waals surface area contributed by atoms with Gasteiger partial charge in [-0.25, -0.2) is 0 Å². The van der Waals surface area contributed by atoms with Crippen molar-refractivity contribution in [2.45, 2.75) is 13.0 Å². The zero-order valence-corrected chi connectivity index (χ0v) is 12.5. The summed E-state index contributed by atoms with van der Waals surface area (Å²) >= 11 is 0. The van der Waals surface area contributed by atoms with Gasteiger partial charge in [0, 0.05) is 31.3 Å². The summed E-state index contributed by atoms with van der Waals surface area (Å²) in [5, 5.41) is 10.6. The highest BCUT2D eigenvalue weighted by Crippen LogP contribution is 2.19. The van der Waals surface area contributed by atoms with E-state index < -0.39 is 4.92 Å². The highest BCUT2D eigenvalue weighted by atomic mass is 16.6. The molecule has 1 aliphatic heterocycles. The summed E-state index contributed by atoms with van der Waals surface area (Å²) in [5.41, 5.74) is 3.30. The Balaban J connectivity index is 1.66. The first-order valence-electron chi connectivity index (χ1n) is 7.42. The standard InChI is InChI=1S/C18H16N2O3/c21-18(10-7-14-5-8-17(9-6-14)20(22)23)19-12-11-15-3-1-2-4-16(15)13-19/h1-10H,11-13H2. The van der Waals surface area contributed by atoms with Gasteiger partial charge in [0.15, 0.2) is 0 Å². The van der Waals surface area contributed by atoms with E-state index in [-0.39, 0.29) is 11.6 Å². The monoisotopic (exact) mass is 308 g/mol. The molecule has 0 bridgehead atoms. The molecule has 5 nitrogen and oxygen atoms in total. The molecule has 2 aromatic rings. The Morgan fingerprint density at radius 2 is 1.78 bits per heavy atom. The van der Waals surface area contributed by atoms with Crippen LogP contribution < -0.4 is 0 Å². The van der Waals surface area contributed by atoms with E-state index in [1.807, 2.05) is 17.0 Å². The molecule has 0 N–H and O–H groups in total. The van der Waals surface area contributed by atoms with Gasteiger partial charge < -0.3 is 4.90 Å². The molecular formula is C18H16N2O3. The largest absolute Gasteiger partial charge is 0.334 e. The third kappa shape index (κ3) is 3.45. The number of hydrogen-bond acceptors (Lipinski definition) is 3. The highest BCUT2D eigenvalue weighted by Gasteiger charge is 2.18. The van der Waals surface area contributed by atoms with Crippen LogP contribution >= 0.6 is 0 Å². The van der Waals surface area contributed by atoms with Gasteiger partial charge in [-0.05, 0) is 41.3 Å². The van der Waals surface area contributed by atoms with Crippen LogP contribution in [0.4, 0.5) is 5.69 Å². The number of non-ortho nitro benzene ring substituents is 1. The maximum atomic E-state index is 12.3. The molecule has 116 valence electrons. The molecule has 0 unspecified atom stereocenters. The highest BCUT2D eigenvalue weighted by molar-refractivity contribution is 5.92. The molecule has 0 spiro atoms. The lowest BCUT2D eigenvalue weighted by atomic mass is 10.00. The third-order valence-corrected chi connectivity index (χ3v) is 3.96. The predicted octanol–water partition coefficient (Wildman–Crippen LogP) is 3.19. The first-order valence-corrected chi connectivity index (χ1v) is 7.42. The maximum Gasteiger partial charge on any atom is 0.269 e. The first kappa shape index (κ1) is 15.0. The molecule has 0 fully saturated rings. The minimum absolute atomic E-state index is 0.0427. The van der Waals surface area contributed by atoms with E-state index in [9.17, 15) is 14.9 Å². The van der Waals surface area contributed by atoms with Gasteiger partial charge in [-0.3, -0.25) is 14.9 Å². The van der Waals surface area contributed by atoms with Crippen LogP contribution in [0.5, 0.6) is 0 Å². The molecule has 0 atom stereocenters. The smallest absolute Gasteiger partial charge is 0.269 e. The fourth-order valence-corrected chi connectivity index (χ4v) is 2.66. The summed E-state index contributed by atoms with van der Waals surface area (Å²) in [5.74, 6) is -0.0437. The van der Waals surface area contributed by atoms with Crippen molar-refractivity contribution in [2.75, 3.05) is 6.54 Å². The number of hydrogen-bond donors (Lipinski definition) is 0. The van der Waals surface area contributed by atoms with Crippen molar-refractivity contribution in [3.05, 3.63) is 81.4 Å². The van der Waals surface area contributed by atoms with Gasteiger partial charge in [0.2, 0.25) is 5.91 Å². The molecule has 0 saturated heterocycles. The van der Waals surface area contributed by atoms with Crippen molar-refractivity contribution in [3.8, 4) is 0 Å². The van der Waals surface area contributed by atoms with Crippen LogP contribution in [0, 0.1) is 10.1 Å². The third-order valence-electron chi connectivity index (χ3n) is 3.96. The van der Waals surface area contributed by atoms with Gasteiger partial charge in [0.1, 0.15) is 0 Å². The lowest BCUT2D eigenvalue weighted by Crippen LogP contribution is -2.34. The molecule has 2 aromatic carbocycles. The van der Waals surface area contributed by atoms with Crippen molar-refractivity contribution >= 4 is 17.7 Å². The summed E-state index contributed by atoms with van der Waals surface area (Å²) in [6.45, 7) is 1.33. The van der Waals surface area contributed by atoms with E-state index in [4.69, 9.17) is 0 Å². The number of carbonyl (C=O) groups is 1. The Kier molecular flexibility index (Phi) is 4.19. The Morgan fingerprint density at radius 3 is 2.48 bits per heavy atom. The van der Waals surface area contributed by atoms with Gasteiger partial charge in [0.05, 0.1) is 4.92 Å². The summed E-state index contributed by atoms with van der Waals surface area (Å²) in [6, 6.07) is 14.3. The molecular weight excluding hydrogens is 292 g/mol. The Bertz CT molecular complexity index is 766. The van der Waals surface area contributed by atoms with Crippen LogP contribution in [0.2, 0.25) is 0 Å². The number of nitro benzene ring substituents is 1. The van der Waals surface area contributed by atoms with Crippen LogP contribution in [-0.4, -0.2) is 22.3 Å². The second kappa shape index (κ2) is 6.44. The lowest BCUT2D eigenvalue weighted by Gasteiger charge is -2.27. The van der Waals surface area contributed by atoms with Gasteiger partial charge in [-0.2, -0.15) is 0 Å². The van der Waals surface area contributed by atoms with Crippen LogP contribution in [0.15, 0.2) is 54.6 Å². The fourth-order valence-electron chi connectivity index (χ4n) is 2.66. The second-order valence-corrected chi connectivity index (χ2v) is 5.46. The molecule has 0 saturated carbocycles.